The molecule has 136 valence electrons. The molecule has 10 heteroatoms. The summed E-state index contributed by atoms with van der Waals surface area (Å²) in [5.74, 6) is 0.899. The van der Waals surface area contributed by atoms with Crippen LogP contribution in [-0.2, 0) is 4.79 Å². The molecule has 3 rings (SSSR count). The van der Waals surface area contributed by atoms with Gasteiger partial charge in [0.15, 0.2) is 9.47 Å². The molecule has 1 amide bonds. The van der Waals surface area contributed by atoms with Gasteiger partial charge < -0.3 is 15.4 Å². The highest BCUT2D eigenvalue weighted by molar-refractivity contribution is 8.01. The number of rotatable bonds is 8. The second-order valence-corrected chi connectivity index (χ2v) is 8.12. The maximum absolute atomic E-state index is 12.0. The van der Waals surface area contributed by atoms with Crippen molar-refractivity contribution in [3.05, 3.63) is 35.3 Å². The van der Waals surface area contributed by atoms with Crippen molar-refractivity contribution in [1.82, 2.24) is 15.2 Å². The summed E-state index contributed by atoms with van der Waals surface area (Å²) in [6.07, 6.45) is 0. The predicted molar refractivity (Wildman–Crippen MR) is 107 cm³/mol. The van der Waals surface area contributed by atoms with Crippen molar-refractivity contribution in [3.63, 3.8) is 0 Å². The minimum Gasteiger partial charge on any atom is -0.492 e. The molecule has 0 spiro atoms. The Morgan fingerprint density at radius 1 is 1.27 bits per heavy atom. The van der Waals surface area contributed by atoms with Gasteiger partial charge in [-0.3, -0.25) is 4.79 Å². The highest BCUT2D eigenvalue weighted by atomic mass is 32.2. The molecule has 0 saturated carbocycles. The third-order valence-corrected chi connectivity index (χ3v) is 5.87. The normalized spacial score (nSPS) is 10.5. The van der Waals surface area contributed by atoms with Gasteiger partial charge in [0.25, 0.3) is 0 Å². The van der Waals surface area contributed by atoms with E-state index in [1.807, 2.05) is 43.5 Å². The molecule has 0 aliphatic heterocycles. The first-order chi connectivity index (χ1) is 12.6. The Morgan fingerprint density at radius 2 is 2.12 bits per heavy atom. The van der Waals surface area contributed by atoms with E-state index in [-0.39, 0.29) is 11.7 Å². The molecule has 0 aliphatic carbocycles. The highest BCUT2D eigenvalue weighted by Crippen LogP contribution is 2.31. The van der Waals surface area contributed by atoms with Gasteiger partial charge in [0.1, 0.15) is 5.75 Å². The number of carbonyl (C=O) groups is 1. The number of thioether (sulfide) groups is 1. The molecule has 7 nitrogen and oxygen atoms in total. The number of ether oxygens (including phenoxy) is 1. The second-order valence-electron chi connectivity index (χ2n) is 5.06. The zero-order chi connectivity index (χ0) is 18.4. The average Bonchev–Trinajstić information content (AvgIpc) is 3.24. The van der Waals surface area contributed by atoms with Gasteiger partial charge in [-0.1, -0.05) is 35.2 Å². The second kappa shape index (κ2) is 8.97. The molecule has 1 aromatic carbocycles. The van der Waals surface area contributed by atoms with Crippen LogP contribution in [0.4, 0.5) is 16.0 Å². The van der Waals surface area contributed by atoms with Gasteiger partial charge in [-0.2, -0.15) is 0 Å². The maximum atomic E-state index is 12.0. The van der Waals surface area contributed by atoms with Gasteiger partial charge in [-0.15, -0.1) is 21.5 Å². The van der Waals surface area contributed by atoms with Gasteiger partial charge in [-0.05, 0) is 26.0 Å². The summed E-state index contributed by atoms with van der Waals surface area (Å²) < 4.78 is 6.30. The lowest BCUT2D eigenvalue weighted by Gasteiger charge is -2.09. The molecule has 2 heterocycles. The van der Waals surface area contributed by atoms with Crippen LogP contribution in [-0.4, -0.2) is 33.4 Å². The number of benzene rings is 1. The number of amides is 1. The van der Waals surface area contributed by atoms with Crippen molar-refractivity contribution >= 4 is 56.3 Å². The summed E-state index contributed by atoms with van der Waals surface area (Å²) in [7, 11) is 0. The number of thiazole rings is 1. The lowest BCUT2D eigenvalue weighted by molar-refractivity contribution is -0.113. The quantitative estimate of drug-likeness (QED) is 0.542. The van der Waals surface area contributed by atoms with Crippen molar-refractivity contribution in [2.45, 2.75) is 18.2 Å². The van der Waals surface area contributed by atoms with Crippen molar-refractivity contribution in [3.8, 4) is 5.75 Å². The average molecular weight is 408 g/mol. The molecule has 3 aromatic rings. The third-order valence-electron chi connectivity index (χ3n) is 3.03. The van der Waals surface area contributed by atoms with Gasteiger partial charge in [0, 0.05) is 5.38 Å². The number of nitrogens with one attached hydrogen (secondary N) is 2. The molecule has 0 unspecified atom stereocenters. The standard InChI is InChI=1S/C16H17N5O2S3/c1-3-23-12-7-5-4-6-11(12)18-15-20-21-16(26-15)25-9-13(22)19-14-17-10(2)8-24-14/h4-8H,3,9H2,1-2H3,(H,18,20)(H,17,19,22). The van der Waals surface area contributed by atoms with E-state index in [1.54, 1.807) is 0 Å². The number of hydrogen-bond donors (Lipinski definition) is 2. The lowest BCUT2D eigenvalue weighted by atomic mass is 10.3. The maximum Gasteiger partial charge on any atom is 0.236 e. The number of nitrogens with zero attached hydrogens (tertiary/aromatic N) is 3. The number of anilines is 3. The molecule has 0 saturated heterocycles. The first-order valence-corrected chi connectivity index (χ1v) is 10.5. The van der Waals surface area contributed by atoms with E-state index in [0.717, 1.165) is 17.1 Å². The SMILES string of the molecule is CCOc1ccccc1Nc1nnc(SCC(=O)Nc2nc(C)cs2)s1. The van der Waals surface area contributed by atoms with Gasteiger partial charge >= 0.3 is 0 Å². The lowest BCUT2D eigenvalue weighted by Crippen LogP contribution is -2.13. The van der Waals surface area contributed by atoms with E-state index in [2.05, 4.69) is 25.8 Å². The molecule has 0 atom stereocenters. The Labute approximate surface area is 163 Å². The smallest absolute Gasteiger partial charge is 0.236 e. The molecular formula is C16H17N5O2S3. The number of aryl methyl sites for hydroxylation is 1. The van der Waals surface area contributed by atoms with Crippen LogP contribution in [0.1, 0.15) is 12.6 Å². The van der Waals surface area contributed by atoms with E-state index >= 15 is 0 Å². The van der Waals surface area contributed by atoms with Crippen LogP contribution >= 0.6 is 34.4 Å². The number of carbonyl (C=O) groups excluding carboxylic acids is 1. The van der Waals surface area contributed by atoms with E-state index in [4.69, 9.17) is 4.74 Å². The Bertz CT molecular complexity index is 880. The van der Waals surface area contributed by atoms with Crippen LogP contribution in [0.15, 0.2) is 34.0 Å². The Morgan fingerprint density at radius 3 is 2.88 bits per heavy atom. The molecule has 0 radical (unpaired) electrons. The number of aromatic nitrogens is 3. The fourth-order valence-corrected chi connectivity index (χ4v) is 4.25. The summed E-state index contributed by atoms with van der Waals surface area (Å²) in [4.78, 5) is 16.2. The molecule has 2 aromatic heterocycles. The Kier molecular flexibility index (Phi) is 6.42. The minimum atomic E-state index is -0.115. The first-order valence-electron chi connectivity index (χ1n) is 7.81. The van der Waals surface area contributed by atoms with Gasteiger partial charge in [0.05, 0.1) is 23.7 Å². The summed E-state index contributed by atoms with van der Waals surface area (Å²) in [6, 6.07) is 7.65. The number of hydrogen-bond acceptors (Lipinski definition) is 9. The van der Waals surface area contributed by atoms with Gasteiger partial charge in [0.2, 0.25) is 11.0 Å². The third kappa shape index (κ3) is 5.16. The zero-order valence-corrected chi connectivity index (χ0v) is 16.6. The highest BCUT2D eigenvalue weighted by Gasteiger charge is 2.11. The minimum absolute atomic E-state index is 0.115. The predicted octanol–water partition coefficient (Wildman–Crippen LogP) is 4.18. The van der Waals surface area contributed by atoms with Crippen LogP contribution in [0, 0.1) is 6.92 Å². The van der Waals surface area contributed by atoms with E-state index in [0.29, 0.717) is 21.2 Å². The van der Waals surface area contributed by atoms with Gasteiger partial charge in [-0.25, -0.2) is 4.98 Å². The Balaban J connectivity index is 1.54. The monoisotopic (exact) mass is 407 g/mol. The largest absolute Gasteiger partial charge is 0.492 e. The molecular weight excluding hydrogens is 390 g/mol. The van der Waals surface area contributed by atoms with E-state index < -0.39 is 0 Å². The molecule has 2 N–H and O–H groups in total. The van der Waals surface area contributed by atoms with E-state index in [9.17, 15) is 4.79 Å². The van der Waals surface area contributed by atoms with Crippen LogP contribution in [0.3, 0.4) is 0 Å². The van der Waals surface area contributed by atoms with Crippen LogP contribution in [0.5, 0.6) is 5.75 Å². The summed E-state index contributed by atoms with van der Waals surface area (Å²) in [5, 5.41) is 17.4. The van der Waals surface area contributed by atoms with Crippen molar-refractivity contribution < 1.29 is 9.53 Å². The van der Waals surface area contributed by atoms with Crippen molar-refractivity contribution in [2.24, 2.45) is 0 Å². The van der Waals surface area contributed by atoms with Crippen LogP contribution in [0.25, 0.3) is 0 Å². The number of para-hydroxylation sites is 2. The fraction of sp³-hybridized carbons (Fsp3) is 0.250. The zero-order valence-electron chi connectivity index (χ0n) is 14.2. The molecule has 0 bridgehead atoms. The summed E-state index contributed by atoms with van der Waals surface area (Å²) >= 11 is 4.14. The first kappa shape index (κ1) is 18.6. The van der Waals surface area contributed by atoms with Crippen LogP contribution < -0.4 is 15.4 Å². The van der Waals surface area contributed by atoms with Crippen molar-refractivity contribution in [1.29, 1.82) is 0 Å². The van der Waals surface area contributed by atoms with Crippen LogP contribution in [0.2, 0.25) is 0 Å². The molecule has 0 fully saturated rings. The molecule has 26 heavy (non-hydrogen) atoms. The molecule has 0 aliphatic rings. The summed E-state index contributed by atoms with van der Waals surface area (Å²) in [6.45, 7) is 4.42. The topological polar surface area (TPSA) is 89.0 Å². The fourth-order valence-electron chi connectivity index (χ4n) is 1.98. The van der Waals surface area contributed by atoms with E-state index in [1.165, 1.54) is 34.4 Å². The van der Waals surface area contributed by atoms with Crippen molar-refractivity contribution in [2.75, 3.05) is 23.0 Å². The Hall–Kier alpha value is -2.17. The summed E-state index contributed by atoms with van der Waals surface area (Å²) in [5.41, 5.74) is 1.73.